The summed E-state index contributed by atoms with van der Waals surface area (Å²) in [6, 6.07) is 8.77. The highest BCUT2D eigenvalue weighted by atomic mass is 127. The highest BCUT2D eigenvalue weighted by Gasteiger charge is 2.26. The summed E-state index contributed by atoms with van der Waals surface area (Å²) in [6.45, 7) is 5.23. The van der Waals surface area contributed by atoms with Crippen molar-refractivity contribution < 1.29 is 14.3 Å². The molecule has 0 amide bonds. The van der Waals surface area contributed by atoms with Crippen LogP contribution in [0.5, 0.6) is 0 Å². The lowest BCUT2D eigenvalue weighted by Crippen LogP contribution is -2.27. The molecule has 20 heavy (non-hydrogen) atoms. The van der Waals surface area contributed by atoms with Crippen molar-refractivity contribution in [2.24, 2.45) is 5.92 Å². The molecule has 5 heteroatoms. The molecule has 0 bridgehead atoms. The van der Waals surface area contributed by atoms with Crippen LogP contribution in [0, 0.1) is 20.8 Å². The second-order valence-electron chi connectivity index (χ2n) is 5.34. The van der Waals surface area contributed by atoms with Crippen molar-refractivity contribution in [1.82, 2.24) is 0 Å². The molecule has 1 rings (SSSR count). The minimum absolute atomic E-state index is 0.224. The van der Waals surface area contributed by atoms with E-state index in [1.807, 2.05) is 6.07 Å². The van der Waals surface area contributed by atoms with E-state index in [-0.39, 0.29) is 12.2 Å². The van der Waals surface area contributed by atoms with Gasteiger partial charge in [0.25, 0.3) is 0 Å². The van der Waals surface area contributed by atoms with Gasteiger partial charge in [0.2, 0.25) is 0 Å². The van der Waals surface area contributed by atoms with Crippen molar-refractivity contribution in [3.8, 4) is 6.07 Å². The zero-order chi connectivity index (χ0) is 15.3. The number of hydrogen-bond acceptors (Lipinski definition) is 4. The van der Waals surface area contributed by atoms with Gasteiger partial charge in [0.15, 0.2) is 5.78 Å². The zero-order valence-corrected chi connectivity index (χ0v) is 13.8. The van der Waals surface area contributed by atoms with Crippen LogP contribution in [-0.2, 0) is 9.53 Å². The third-order valence-corrected chi connectivity index (χ3v) is 3.11. The van der Waals surface area contributed by atoms with Crippen LogP contribution in [-0.4, -0.2) is 17.4 Å². The second-order valence-corrected chi connectivity index (χ2v) is 6.59. The van der Waals surface area contributed by atoms with Gasteiger partial charge in [0.1, 0.15) is 11.5 Å². The molecular formula is C15H16INO3. The van der Waals surface area contributed by atoms with E-state index in [1.54, 1.807) is 45.0 Å². The summed E-state index contributed by atoms with van der Waals surface area (Å²) in [6.07, 6.45) is -0.224. The van der Waals surface area contributed by atoms with E-state index in [1.165, 1.54) is 0 Å². The van der Waals surface area contributed by atoms with Crippen LogP contribution in [0.1, 0.15) is 37.6 Å². The Balaban J connectivity index is 2.76. The van der Waals surface area contributed by atoms with Crippen LogP contribution in [0.15, 0.2) is 24.3 Å². The van der Waals surface area contributed by atoms with Gasteiger partial charge in [-0.2, -0.15) is 5.26 Å². The number of ether oxygens (including phenoxy) is 1. The Morgan fingerprint density at radius 2 is 1.85 bits per heavy atom. The van der Waals surface area contributed by atoms with Gasteiger partial charge in [0.05, 0.1) is 12.5 Å². The molecule has 0 N–H and O–H groups in total. The van der Waals surface area contributed by atoms with Crippen molar-refractivity contribution in [1.29, 1.82) is 5.26 Å². The molecule has 0 aliphatic rings. The lowest BCUT2D eigenvalue weighted by molar-refractivity contribution is -0.155. The van der Waals surface area contributed by atoms with Crippen LogP contribution in [0.25, 0.3) is 0 Å². The molecule has 1 unspecified atom stereocenters. The number of esters is 1. The number of nitriles is 1. The molecule has 1 aromatic carbocycles. The Morgan fingerprint density at radius 1 is 1.30 bits per heavy atom. The van der Waals surface area contributed by atoms with Gasteiger partial charge in [-0.3, -0.25) is 9.59 Å². The van der Waals surface area contributed by atoms with Crippen LogP contribution in [0.3, 0.4) is 0 Å². The summed E-state index contributed by atoms with van der Waals surface area (Å²) in [5.41, 5.74) is -0.191. The van der Waals surface area contributed by atoms with E-state index in [0.717, 1.165) is 3.57 Å². The molecule has 0 fully saturated rings. The quantitative estimate of drug-likeness (QED) is 0.453. The number of carbonyl (C=O) groups excluding carboxylic acids is 2. The predicted molar refractivity (Wildman–Crippen MR) is 83.1 cm³/mol. The van der Waals surface area contributed by atoms with Gasteiger partial charge in [0, 0.05) is 9.13 Å². The summed E-state index contributed by atoms with van der Waals surface area (Å²) < 4.78 is 6.13. The smallest absolute Gasteiger partial charge is 0.308 e. The first-order valence-corrected chi connectivity index (χ1v) is 7.22. The van der Waals surface area contributed by atoms with Gasteiger partial charge < -0.3 is 4.74 Å². The molecule has 0 spiro atoms. The van der Waals surface area contributed by atoms with Gasteiger partial charge >= 0.3 is 5.97 Å². The second kappa shape index (κ2) is 6.84. The predicted octanol–water partition coefficient (Wildman–Crippen LogP) is 3.35. The first-order chi connectivity index (χ1) is 9.23. The molecule has 0 radical (unpaired) electrons. The van der Waals surface area contributed by atoms with Gasteiger partial charge in [-0.25, -0.2) is 0 Å². The Bertz CT molecular complexity index is 538. The lowest BCUT2D eigenvalue weighted by Gasteiger charge is -2.20. The molecule has 1 aromatic rings. The van der Waals surface area contributed by atoms with E-state index >= 15 is 0 Å². The van der Waals surface area contributed by atoms with Gasteiger partial charge in [-0.15, -0.1) is 0 Å². The Morgan fingerprint density at radius 3 is 2.30 bits per heavy atom. The first-order valence-electron chi connectivity index (χ1n) is 6.14. The highest BCUT2D eigenvalue weighted by Crippen LogP contribution is 2.17. The molecule has 106 valence electrons. The Hall–Kier alpha value is -1.42. The number of ketones is 1. The van der Waals surface area contributed by atoms with Crippen LogP contribution in [0.4, 0.5) is 0 Å². The minimum Gasteiger partial charge on any atom is -0.460 e. The van der Waals surface area contributed by atoms with Crippen LogP contribution in [0.2, 0.25) is 0 Å². The lowest BCUT2D eigenvalue weighted by atomic mass is 9.96. The average molecular weight is 385 g/mol. The van der Waals surface area contributed by atoms with Crippen molar-refractivity contribution in [2.75, 3.05) is 0 Å². The van der Waals surface area contributed by atoms with E-state index in [2.05, 4.69) is 22.6 Å². The molecule has 0 saturated carbocycles. The normalized spacial score (nSPS) is 12.3. The van der Waals surface area contributed by atoms with E-state index in [9.17, 15) is 9.59 Å². The number of hydrogen-bond donors (Lipinski definition) is 0. The van der Waals surface area contributed by atoms with Crippen molar-refractivity contribution in [3.63, 3.8) is 0 Å². The molecule has 1 atom stereocenters. The number of rotatable bonds is 4. The van der Waals surface area contributed by atoms with E-state index in [4.69, 9.17) is 10.00 Å². The zero-order valence-electron chi connectivity index (χ0n) is 11.6. The maximum absolute atomic E-state index is 12.2. The molecule has 0 heterocycles. The maximum Gasteiger partial charge on any atom is 0.308 e. The third kappa shape index (κ3) is 5.29. The van der Waals surface area contributed by atoms with Gasteiger partial charge in [-0.1, -0.05) is 12.1 Å². The maximum atomic E-state index is 12.2. The minimum atomic E-state index is -1.01. The standard InChI is InChI=1S/C15H16INO3/c1-15(2,3)20-13(18)8-11(9-17)14(19)10-4-6-12(16)7-5-10/h4-7,11H,8H2,1-3H3. The summed E-state index contributed by atoms with van der Waals surface area (Å²) in [4.78, 5) is 23.8. The van der Waals surface area contributed by atoms with Crippen molar-refractivity contribution in [3.05, 3.63) is 33.4 Å². The number of Topliss-reactive ketones (excluding diaryl/α,β-unsaturated/α-hetero) is 1. The van der Waals surface area contributed by atoms with Crippen LogP contribution >= 0.6 is 22.6 Å². The molecule has 0 aliphatic carbocycles. The summed E-state index contributed by atoms with van der Waals surface area (Å²) in [5.74, 6) is -1.90. The Labute approximate surface area is 132 Å². The Kier molecular flexibility index (Phi) is 5.69. The fourth-order valence-electron chi connectivity index (χ4n) is 1.56. The van der Waals surface area contributed by atoms with Gasteiger partial charge in [-0.05, 0) is 55.5 Å². The van der Waals surface area contributed by atoms with E-state index in [0.29, 0.717) is 5.56 Å². The SMILES string of the molecule is CC(C)(C)OC(=O)CC(C#N)C(=O)c1ccc(I)cc1. The molecule has 4 nitrogen and oxygen atoms in total. The number of halogens is 1. The molecular weight excluding hydrogens is 369 g/mol. The number of nitrogens with zero attached hydrogens (tertiary/aromatic N) is 1. The van der Waals surface area contributed by atoms with Crippen molar-refractivity contribution in [2.45, 2.75) is 32.8 Å². The molecule has 0 aliphatic heterocycles. The highest BCUT2D eigenvalue weighted by molar-refractivity contribution is 14.1. The molecule has 0 aromatic heterocycles. The summed E-state index contributed by atoms with van der Waals surface area (Å²) in [7, 11) is 0. The summed E-state index contributed by atoms with van der Waals surface area (Å²) in [5, 5.41) is 9.08. The largest absolute Gasteiger partial charge is 0.460 e. The average Bonchev–Trinajstić information content (AvgIpc) is 2.34. The molecule has 0 saturated heterocycles. The first kappa shape index (κ1) is 16.6. The van der Waals surface area contributed by atoms with E-state index < -0.39 is 17.5 Å². The summed E-state index contributed by atoms with van der Waals surface area (Å²) >= 11 is 2.13. The van der Waals surface area contributed by atoms with Crippen molar-refractivity contribution >= 4 is 34.3 Å². The number of benzene rings is 1. The number of carbonyl (C=O) groups is 2. The third-order valence-electron chi connectivity index (χ3n) is 2.39. The monoisotopic (exact) mass is 385 g/mol. The van der Waals surface area contributed by atoms with Crippen LogP contribution < -0.4 is 0 Å². The topological polar surface area (TPSA) is 67.2 Å². The fraction of sp³-hybridized carbons (Fsp3) is 0.400. The fourth-order valence-corrected chi connectivity index (χ4v) is 1.92.